The van der Waals surface area contributed by atoms with Crippen molar-refractivity contribution in [3.05, 3.63) is 51.4 Å². The highest BCUT2D eigenvalue weighted by atomic mass is 79.9. The summed E-state index contributed by atoms with van der Waals surface area (Å²) in [4.78, 5) is 16.6. The monoisotopic (exact) mass is 421 g/mol. The van der Waals surface area contributed by atoms with Crippen LogP contribution in [0.25, 0.3) is 10.2 Å². The highest BCUT2D eigenvalue weighted by molar-refractivity contribution is 9.10. The van der Waals surface area contributed by atoms with Crippen LogP contribution in [0.5, 0.6) is 11.5 Å². The second-order valence-electron chi connectivity index (χ2n) is 5.21. The SMILES string of the molecule is COc1cc(Br)c(CC(=O)OCc2nc3ccccc3s2)cc1OC. The van der Waals surface area contributed by atoms with Gasteiger partial charge in [0.1, 0.15) is 11.6 Å². The third kappa shape index (κ3) is 4.11. The summed E-state index contributed by atoms with van der Waals surface area (Å²) in [5.74, 6) is 0.841. The fraction of sp³-hybridized carbons (Fsp3) is 0.222. The van der Waals surface area contributed by atoms with Gasteiger partial charge in [0.05, 0.1) is 30.9 Å². The van der Waals surface area contributed by atoms with Crippen molar-refractivity contribution in [3.8, 4) is 11.5 Å². The maximum Gasteiger partial charge on any atom is 0.310 e. The molecule has 1 aromatic heterocycles. The number of fused-ring (bicyclic) bond motifs is 1. The van der Waals surface area contributed by atoms with Crippen LogP contribution >= 0.6 is 27.3 Å². The number of rotatable bonds is 6. The summed E-state index contributed by atoms with van der Waals surface area (Å²) in [5, 5.41) is 0.779. The van der Waals surface area contributed by atoms with Gasteiger partial charge in [0.25, 0.3) is 0 Å². The largest absolute Gasteiger partial charge is 0.493 e. The molecule has 7 heteroatoms. The molecule has 0 radical (unpaired) electrons. The van der Waals surface area contributed by atoms with Crippen molar-refractivity contribution in [1.82, 2.24) is 4.98 Å². The number of hydrogen-bond acceptors (Lipinski definition) is 6. The topological polar surface area (TPSA) is 57.7 Å². The van der Waals surface area contributed by atoms with Crippen LogP contribution in [0.3, 0.4) is 0 Å². The lowest BCUT2D eigenvalue weighted by molar-refractivity contribution is -0.144. The minimum atomic E-state index is -0.327. The number of carbonyl (C=O) groups is 1. The molecule has 2 aromatic carbocycles. The zero-order chi connectivity index (χ0) is 17.8. The van der Waals surface area contributed by atoms with Gasteiger partial charge in [0.15, 0.2) is 11.5 Å². The Labute approximate surface area is 157 Å². The number of thiazole rings is 1. The molecule has 0 saturated heterocycles. The van der Waals surface area contributed by atoms with Crippen molar-refractivity contribution in [3.63, 3.8) is 0 Å². The van der Waals surface area contributed by atoms with E-state index in [9.17, 15) is 4.79 Å². The third-order valence-corrected chi connectivity index (χ3v) is 5.33. The molecule has 25 heavy (non-hydrogen) atoms. The Hall–Kier alpha value is -2.12. The quantitative estimate of drug-likeness (QED) is 0.553. The average Bonchev–Trinajstić information content (AvgIpc) is 3.04. The molecular formula is C18H16BrNO4S. The van der Waals surface area contributed by atoms with Crippen LogP contribution in [0.15, 0.2) is 40.9 Å². The molecule has 0 unspecified atom stereocenters. The van der Waals surface area contributed by atoms with Gasteiger partial charge in [-0.2, -0.15) is 0 Å². The Balaban J connectivity index is 1.66. The molecule has 0 fully saturated rings. The van der Waals surface area contributed by atoms with Crippen LogP contribution in [0.2, 0.25) is 0 Å². The first kappa shape index (κ1) is 17.7. The molecule has 5 nitrogen and oxygen atoms in total. The van der Waals surface area contributed by atoms with E-state index in [0.29, 0.717) is 11.5 Å². The number of hydrogen-bond donors (Lipinski definition) is 0. The molecule has 0 amide bonds. The van der Waals surface area contributed by atoms with Gasteiger partial charge in [0.2, 0.25) is 0 Å². The fourth-order valence-corrected chi connectivity index (χ4v) is 3.71. The van der Waals surface area contributed by atoms with Gasteiger partial charge in [-0.25, -0.2) is 4.98 Å². The maximum atomic E-state index is 12.2. The summed E-state index contributed by atoms with van der Waals surface area (Å²) in [6.07, 6.45) is 0.131. The predicted octanol–water partition coefficient (Wildman–Crippen LogP) is 4.36. The lowest BCUT2D eigenvalue weighted by Gasteiger charge is -2.11. The highest BCUT2D eigenvalue weighted by Gasteiger charge is 2.14. The van der Waals surface area contributed by atoms with Crippen molar-refractivity contribution in [2.45, 2.75) is 13.0 Å². The molecule has 0 bridgehead atoms. The zero-order valence-corrected chi connectivity index (χ0v) is 16.1. The Kier molecular flexibility index (Phi) is 5.55. The molecule has 0 aliphatic rings. The molecule has 0 aliphatic carbocycles. The Bertz CT molecular complexity index is 876. The Morgan fingerprint density at radius 1 is 1.16 bits per heavy atom. The number of aromatic nitrogens is 1. The van der Waals surface area contributed by atoms with Gasteiger partial charge in [-0.05, 0) is 29.8 Å². The van der Waals surface area contributed by atoms with E-state index < -0.39 is 0 Å². The van der Waals surface area contributed by atoms with Crippen molar-refractivity contribution in [2.75, 3.05) is 14.2 Å². The van der Waals surface area contributed by atoms with Gasteiger partial charge >= 0.3 is 5.97 Å². The van der Waals surface area contributed by atoms with Crippen LogP contribution in [0.1, 0.15) is 10.6 Å². The Morgan fingerprint density at radius 2 is 1.88 bits per heavy atom. The number of ether oxygens (including phenoxy) is 3. The fourth-order valence-electron chi connectivity index (χ4n) is 2.36. The summed E-state index contributed by atoms with van der Waals surface area (Å²) in [5.41, 5.74) is 1.69. The first-order chi connectivity index (χ1) is 12.1. The zero-order valence-electron chi connectivity index (χ0n) is 13.7. The summed E-state index contributed by atoms with van der Waals surface area (Å²) < 4.78 is 17.7. The van der Waals surface area contributed by atoms with Crippen molar-refractivity contribution >= 4 is 43.5 Å². The first-order valence-electron chi connectivity index (χ1n) is 7.51. The van der Waals surface area contributed by atoms with Crippen LogP contribution in [0.4, 0.5) is 0 Å². The summed E-state index contributed by atoms with van der Waals surface area (Å²) in [7, 11) is 3.12. The number of esters is 1. The molecule has 0 aliphatic heterocycles. The van der Waals surface area contributed by atoms with Crippen molar-refractivity contribution in [2.24, 2.45) is 0 Å². The minimum Gasteiger partial charge on any atom is -0.493 e. The van der Waals surface area contributed by atoms with Gasteiger partial charge in [-0.3, -0.25) is 4.79 Å². The van der Waals surface area contributed by atoms with E-state index in [0.717, 1.165) is 25.3 Å². The summed E-state index contributed by atoms with van der Waals surface area (Å²) >= 11 is 4.97. The number of benzene rings is 2. The van der Waals surface area contributed by atoms with E-state index in [-0.39, 0.29) is 19.0 Å². The second-order valence-corrected chi connectivity index (χ2v) is 7.18. The Morgan fingerprint density at radius 3 is 2.60 bits per heavy atom. The number of nitrogens with zero attached hydrogens (tertiary/aromatic N) is 1. The molecule has 3 rings (SSSR count). The number of halogens is 1. The maximum absolute atomic E-state index is 12.2. The van der Waals surface area contributed by atoms with Crippen molar-refractivity contribution < 1.29 is 19.0 Å². The second kappa shape index (κ2) is 7.84. The number of carbonyl (C=O) groups excluding carboxylic acids is 1. The van der Waals surface area contributed by atoms with E-state index in [1.807, 2.05) is 24.3 Å². The van der Waals surface area contributed by atoms with E-state index >= 15 is 0 Å². The lowest BCUT2D eigenvalue weighted by atomic mass is 10.1. The summed E-state index contributed by atoms with van der Waals surface area (Å²) in [6.45, 7) is 0.170. The predicted molar refractivity (Wildman–Crippen MR) is 100 cm³/mol. The van der Waals surface area contributed by atoms with Crippen LogP contribution in [-0.4, -0.2) is 25.2 Å². The molecule has 1 heterocycles. The van der Waals surface area contributed by atoms with E-state index in [1.54, 1.807) is 26.4 Å². The minimum absolute atomic E-state index is 0.131. The highest BCUT2D eigenvalue weighted by Crippen LogP contribution is 2.33. The van der Waals surface area contributed by atoms with Crippen molar-refractivity contribution in [1.29, 1.82) is 0 Å². The molecule has 130 valence electrons. The van der Waals surface area contributed by atoms with E-state index in [4.69, 9.17) is 14.2 Å². The molecule has 0 atom stereocenters. The average molecular weight is 422 g/mol. The van der Waals surface area contributed by atoms with Crippen LogP contribution in [-0.2, 0) is 22.6 Å². The number of methoxy groups -OCH3 is 2. The summed E-state index contributed by atoms with van der Waals surface area (Å²) in [6, 6.07) is 11.4. The molecular weight excluding hydrogens is 406 g/mol. The molecule has 0 N–H and O–H groups in total. The molecule has 0 spiro atoms. The number of para-hydroxylation sites is 1. The smallest absolute Gasteiger partial charge is 0.310 e. The first-order valence-corrected chi connectivity index (χ1v) is 9.12. The van der Waals surface area contributed by atoms with E-state index in [1.165, 1.54) is 11.3 Å². The van der Waals surface area contributed by atoms with Gasteiger partial charge in [-0.1, -0.05) is 28.1 Å². The third-order valence-electron chi connectivity index (χ3n) is 3.58. The normalized spacial score (nSPS) is 10.7. The van der Waals surface area contributed by atoms with Crippen LogP contribution < -0.4 is 9.47 Å². The van der Waals surface area contributed by atoms with Crippen LogP contribution in [0, 0.1) is 0 Å². The molecule has 0 saturated carbocycles. The van der Waals surface area contributed by atoms with Gasteiger partial charge < -0.3 is 14.2 Å². The van der Waals surface area contributed by atoms with E-state index in [2.05, 4.69) is 20.9 Å². The van der Waals surface area contributed by atoms with Gasteiger partial charge in [0, 0.05) is 4.47 Å². The standard InChI is InChI=1S/C18H16BrNO4S/c1-22-14-7-11(12(19)9-15(14)23-2)8-18(21)24-10-17-20-13-5-3-4-6-16(13)25-17/h3-7,9H,8,10H2,1-2H3. The molecule has 3 aromatic rings. The lowest BCUT2D eigenvalue weighted by Crippen LogP contribution is -2.08. The van der Waals surface area contributed by atoms with Gasteiger partial charge in [-0.15, -0.1) is 11.3 Å².